The fraction of sp³-hybridized carbons (Fsp3) is 0.462. The molecule has 3 nitrogen and oxygen atoms in total. The lowest BCUT2D eigenvalue weighted by Crippen LogP contribution is -2.22. The zero-order valence-corrected chi connectivity index (χ0v) is 10.1. The molecule has 1 aromatic heterocycles. The average molecular weight is 220 g/mol. The molecule has 0 aliphatic carbocycles. The average Bonchev–Trinajstić information content (AvgIpc) is 2.28. The summed E-state index contributed by atoms with van der Waals surface area (Å²) >= 11 is 0. The third-order valence-corrected chi connectivity index (χ3v) is 2.15. The first-order valence-corrected chi connectivity index (χ1v) is 5.64. The predicted octanol–water partition coefficient (Wildman–Crippen LogP) is 2.53. The van der Waals surface area contributed by atoms with Gasteiger partial charge in [0.15, 0.2) is 0 Å². The van der Waals surface area contributed by atoms with Gasteiger partial charge in [0.25, 0.3) is 0 Å². The zero-order chi connectivity index (χ0) is 11.8. The van der Waals surface area contributed by atoms with Gasteiger partial charge >= 0.3 is 0 Å². The Bertz CT molecular complexity index is 323. The number of hydrogen-bond donors (Lipinski definition) is 1. The Morgan fingerprint density at radius 1 is 1.56 bits per heavy atom. The molecule has 1 rings (SSSR count). The molecular weight excluding hydrogens is 200 g/mol. The van der Waals surface area contributed by atoms with Crippen LogP contribution in [0.3, 0.4) is 0 Å². The minimum Gasteiger partial charge on any atom is -0.491 e. The molecule has 88 valence electrons. The molecule has 0 saturated heterocycles. The SMILES string of the molecule is C=CCCOc1cnccc1CNC(C)C. The normalized spacial score (nSPS) is 10.4. The Kier molecular flexibility index (Phi) is 5.57. The number of ether oxygens (including phenoxy) is 1. The Morgan fingerprint density at radius 3 is 3.06 bits per heavy atom. The molecule has 0 amide bonds. The smallest absolute Gasteiger partial charge is 0.142 e. The highest BCUT2D eigenvalue weighted by molar-refractivity contribution is 5.29. The molecule has 0 unspecified atom stereocenters. The molecule has 0 saturated carbocycles. The van der Waals surface area contributed by atoms with Crippen LogP contribution in [-0.4, -0.2) is 17.6 Å². The molecule has 0 atom stereocenters. The van der Waals surface area contributed by atoms with Gasteiger partial charge in [-0.2, -0.15) is 0 Å². The van der Waals surface area contributed by atoms with Gasteiger partial charge in [-0.15, -0.1) is 6.58 Å². The summed E-state index contributed by atoms with van der Waals surface area (Å²) in [6.07, 6.45) is 6.26. The van der Waals surface area contributed by atoms with E-state index in [4.69, 9.17) is 4.74 Å². The van der Waals surface area contributed by atoms with E-state index in [0.29, 0.717) is 12.6 Å². The Balaban J connectivity index is 2.56. The van der Waals surface area contributed by atoms with E-state index in [1.54, 1.807) is 12.4 Å². The lowest BCUT2D eigenvalue weighted by Gasteiger charge is -2.12. The largest absolute Gasteiger partial charge is 0.491 e. The molecule has 0 fully saturated rings. The quantitative estimate of drug-likeness (QED) is 0.566. The molecule has 0 radical (unpaired) electrons. The molecule has 0 spiro atoms. The number of hydrogen-bond acceptors (Lipinski definition) is 3. The van der Waals surface area contributed by atoms with E-state index in [2.05, 4.69) is 30.7 Å². The second-order valence-corrected chi connectivity index (χ2v) is 3.94. The van der Waals surface area contributed by atoms with Crippen molar-refractivity contribution in [1.29, 1.82) is 0 Å². The van der Waals surface area contributed by atoms with E-state index in [1.165, 1.54) is 0 Å². The van der Waals surface area contributed by atoms with Crippen LogP contribution in [0.5, 0.6) is 5.75 Å². The zero-order valence-electron chi connectivity index (χ0n) is 10.1. The Hall–Kier alpha value is -1.35. The van der Waals surface area contributed by atoms with Crippen molar-refractivity contribution in [2.45, 2.75) is 32.9 Å². The number of nitrogens with one attached hydrogen (secondary N) is 1. The fourth-order valence-corrected chi connectivity index (χ4v) is 1.25. The summed E-state index contributed by atoms with van der Waals surface area (Å²) in [5.74, 6) is 0.859. The van der Waals surface area contributed by atoms with Crippen molar-refractivity contribution in [2.75, 3.05) is 6.61 Å². The van der Waals surface area contributed by atoms with Crippen LogP contribution in [0, 0.1) is 0 Å². The summed E-state index contributed by atoms with van der Waals surface area (Å²) in [5.41, 5.74) is 1.15. The molecular formula is C13H20N2O. The monoisotopic (exact) mass is 220 g/mol. The Morgan fingerprint density at radius 2 is 2.38 bits per heavy atom. The number of aromatic nitrogens is 1. The fourth-order valence-electron chi connectivity index (χ4n) is 1.25. The van der Waals surface area contributed by atoms with Crippen molar-refractivity contribution in [3.05, 3.63) is 36.7 Å². The van der Waals surface area contributed by atoms with Crippen LogP contribution in [0.15, 0.2) is 31.1 Å². The summed E-state index contributed by atoms with van der Waals surface area (Å²) in [6, 6.07) is 2.45. The summed E-state index contributed by atoms with van der Waals surface area (Å²) in [7, 11) is 0. The van der Waals surface area contributed by atoms with Crippen LogP contribution in [0.2, 0.25) is 0 Å². The van der Waals surface area contributed by atoms with Crippen molar-refractivity contribution in [3.63, 3.8) is 0 Å². The first-order valence-electron chi connectivity index (χ1n) is 5.64. The standard InChI is InChI=1S/C13H20N2O/c1-4-5-8-16-13-10-14-7-6-12(13)9-15-11(2)3/h4,6-7,10-11,15H,1,5,8-9H2,2-3H3. The third-order valence-electron chi connectivity index (χ3n) is 2.15. The molecule has 0 aromatic carbocycles. The molecule has 1 aromatic rings. The number of rotatable bonds is 7. The minimum atomic E-state index is 0.467. The van der Waals surface area contributed by atoms with E-state index in [9.17, 15) is 0 Å². The molecule has 0 aliphatic heterocycles. The van der Waals surface area contributed by atoms with Crippen LogP contribution >= 0.6 is 0 Å². The highest BCUT2D eigenvalue weighted by Gasteiger charge is 2.03. The first-order chi connectivity index (χ1) is 7.74. The molecule has 16 heavy (non-hydrogen) atoms. The van der Waals surface area contributed by atoms with Gasteiger partial charge in [-0.05, 0) is 12.5 Å². The van der Waals surface area contributed by atoms with Gasteiger partial charge in [0.2, 0.25) is 0 Å². The van der Waals surface area contributed by atoms with Crippen molar-refractivity contribution >= 4 is 0 Å². The predicted molar refractivity (Wildman–Crippen MR) is 66.5 cm³/mol. The summed E-state index contributed by atoms with van der Waals surface area (Å²) in [4.78, 5) is 4.07. The Labute approximate surface area is 97.5 Å². The minimum absolute atomic E-state index is 0.467. The van der Waals surface area contributed by atoms with E-state index in [0.717, 1.165) is 24.3 Å². The second-order valence-electron chi connectivity index (χ2n) is 3.94. The van der Waals surface area contributed by atoms with Crippen molar-refractivity contribution in [1.82, 2.24) is 10.3 Å². The van der Waals surface area contributed by atoms with Gasteiger partial charge in [0, 0.05) is 24.3 Å². The van der Waals surface area contributed by atoms with Crippen LogP contribution < -0.4 is 10.1 Å². The molecule has 0 aliphatic rings. The van der Waals surface area contributed by atoms with Gasteiger partial charge in [0.05, 0.1) is 12.8 Å². The third kappa shape index (κ3) is 4.45. The maximum absolute atomic E-state index is 5.64. The van der Waals surface area contributed by atoms with Gasteiger partial charge in [-0.1, -0.05) is 19.9 Å². The highest BCUT2D eigenvalue weighted by atomic mass is 16.5. The van der Waals surface area contributed by atoms with Gasteiger partial charge in [-0.25, -0.2) is 0 Å². The van der Waals surface area contributed by atoms with Gasteiger partial charge in [0.1, 0.15) is 5.75 Å². The molecule has 1 heterocycles. The van der Waals surface area contributed by atoms with Crippen LogP contribution in [0.25, 0.3) is 0 Å². The molecule has 3 heteroatoms. The van der Waals surface area contributed by atoms with E-state index < -0.39 is 0 Å². The second kappa shape index (κ2) is 7.01. The number of nitrogens with zero attached hydrogens (tertiary/aromatic N) is 1. The maximum Gasteiger partial charge on any atom is 0.142 e. The van der Waals surface area contributed by atoms with Crippen LogP contribution in [-0.2, 0) is 6.54 Å². The van der Waals surface area contributed by atoms with Gasteiger partial charge in [-0.3, -0.25) is 4.98 Å². The van der Waals surface area contributed by atoms with E-state index in [1.807, 2.05) is 12.1 Å². The van der Waals surface area contributed by atoms with E-state index >= 15 is 0 Å². The maximum atomic E-state index is 5.64. The summed E-state index contributed by atoms with van der Waals surface area (Å²) in [6.45, 7) is 9.38. The summed E-state index contributed by atoms with van der Waals surface area (Å²) < 4.78 is 5.64. The number of pyridine rings is 1. The first kappa shape index (κ1) is 12.7. The van der Waals surface area contributed by atoms with Crippen LogP contribution in [0.4, 0.5) is 0 Å². The molecule has 1 N–H and O–H groups in total. The van der Waals surface area contributed by atoms with Gasteiger partial charge < -0.3 is 10.1 Å². The van der Waals surface area contributed by atoms with Crippen molar-refractivity contribution in [2.24, 2.45) is 0 Å². The van der Waals surface area contributed by atoms with Crippen LogP contribution in [0.1, 0.15) is 25.8 Å². The highest BCUT2D eigenvalue weighted by Crippen LogP contribution is 2.16. The van der Waals surface area contributed by atoms with Crippen molar-refractivity contribution < 1.29 is 4.74 Å². The lowest BCUT2D eigenvalue weighted by atomic mass is 10.2. The lowest BCUT2D eigenvalue weighted by molar-refractivity contribution is 0.319. The summed E-state index contributed by atoms with van der Waals surface area (Å²) in [5, 5.41) is 3.36. The van der Waals surface area contributed by atoms with E-state index in [-0.39, 0.29) is 0 Å². The molecule has 0 bridgehead atoms. The van der Waals surface area contributed by atoms with Crippen molar-refractivity contribution in [3.8, 4) is 5.75 Å². The topological polar surface area (TPSA) is 34.1 Å².